The molecule has 0 unspecified atom stereocenters. The van der Waals surface area contributed by atoms with Gasteiger partial charge in [0.05, 0.1) is 6.20 Å². The number of benzene rings is 2. The van der Waals surface area contributed by atoms with Gasteiger partial charge in [0.25, 0.3) is 0 Å². The normalized spacial score (nSPS) is 10.4. The molecular weight excluding hydrogens is 282 g/mol. The van der Waals surface area contributed by atoms with Crippen LogP contribution < -0.4 is 0 Å². The van der Waals surface area contributed by atoms with E-state index in [4.69, 9.17) is 9.15 Å². The molecule has 110 valence electrons. The number of ether oxygens (including phenoxy) is 1. The highest BCUT2D eigenvalue weighted by molar-refractivity contribution is 5.92. The van der Waals surface area contributed by atoms with Gasteiger partial charge in [-0.1, -0.05) is 42.5 Å². The summed E-state index contributed by atoms with van der Waals surface area (Å²) in [5.74, 6) is 0.152. The number of esters is 1. The van der Waals surface area contributed by atoms with Crippen molar-refractivity contribution < 1.29 is 19.1 Å². The van der Waals surface area contributed by atoms with Crippen LogP contribution in [0.3, 0.4) is 0 Å². The molecule has 0 saturated carbocycles. The molecule has 22 heavy (non-hydrogen) atoms. The summed E-state index contributed by atoms with van der Waals surface area (Å²) in [6, 6.07) is 15.7. The topological polar surface area (TPSA) is 72.6 Å². The fourth-order valence-corrected chi connectivity index (χ4v) is 1.96. The van der Waals surface area contributed by atoms with Crippen molar-refractivity contribution in [2.75, 3.05) is 0 Å². The van der Waals surface area contributed by atoms with Gasteiger partial charge in [-0.25, -0.2) is 9.78 Å². The van der Waals surface area contributed by atoms with E-state index in [0.717, 1.165) is 5.56 Å². The first-order chi connectivity index (χ1) is 10.7. The Morgan fingerprint density at radius 1 is 1.09 bits per heavy atom. The van der Waals surface area contributed by atoms with Gasteiger partial charge in [0.2, 0.25) is 5.89 Å². The molecule has 5 heteroatoms. The number of carbonyl (C=O) groups excluding carboxylic acids is 1. The van der Waals surface area contributed by atoms with Crippen molar-refractivity contribution >= 4 is 5.97 Å². The number of aromatic nitrogens is 1. The Bertz CT molecular complexity index is 780. The van der Waals surface area contributed by atoms with E-state index in [0.29, 0.717) is 11.7 Å². The minimum absolute atomic E-state index is 0.0972. The molecule has 0 atom stereocenters. The van der Waals surface area contributed by atoms with E-state index in [2.05, 4.69) is 4.98 Å². The summed E-state index contributed by atoms with van der Waals surface area (Å²) < 4.78 is 10.6. The van der Waals surface area contributed by atoms with E-state index >= 15 is 0 Å². The number of phenols is 1. The Balaban J connectivity index is 1.67. The average molecular weight is 295 g/mol. The molecule has 3 rings (SSSR count). The van der Waals surface area contributed by atoms with Gasteiger partial charge < -0.3 is 14.3 Å². The quantitative estimate of drug-likeness (QED) is 0.747. The molecule has 0 spiro atoms. The van der Waals surface area contributed by atoms with Crippen LogP contribution in [0.15, 0.2) is 65.2 Å². The second-order valence-electron chi connectivity index (χ2n) is 4.58. The highest BCUT2D eigenvalue weighted by Crippen LogP contribution is 2.21. The maximum absolute atomic E-state index is 11.9. The second-order valence-corrected chi connectivity index (χ2v) is 4.58. The molecular formula is C17H13NO4. The third-order valence-corrected chi connectivity index (χ3v) is 3.06. The van der Waals surface area contributed by atoms with Crippen molar-refractivity contribution in [3.63, 3.8) is 0 Å². The highest BCUT2D eigenvalue weighted by atomic mass is 16.5. The molecule has 0 aliphatic rings. The predicted octanol–water partition coefficient (Wildman–Crippen LogP) is 3.40. The first-order valence-electron chi connectivity index (χ1n) is 6.69. The molecule has 0 amide bonds. The molecule has 0 saturated heterocycles. The lowest BCUT2D eigenvalue weighted by molar-refractivity contribution is 0.0435. The average Bonchev–Trinajstić information content (AvgIpc) is 3.03. The number of carbonyl (C=O) groups is 1. The Hall–Kier alpha value is -3.08. The number of oxazole rings is 1. The Morgan fingerprint density at radius 2 is 1.82 bits per heavy atom. The minimum Gasteiger partial charge on any atom is -0.507 e. The molecule has 1 aromatic heterocycles. The summed E-state index contributed by atoms with van der Waals surface area (Å²) in [6.07, 6.45) is 1.58. The van der Waals surface area contributed by atoms with Gasteiger partial charge in [0.15, 0.2) is 12.4 Å². The van der Waals surface area contributed by atoms with Crippen LogP contribution in [0.25, 0.3) is 11.3 Å². The van der Waals surface area contributed by atoms with Crippen LogP contribution in [0, 0.1) is 0 Å². The summed E-state index contributed by atoms with van der Waals surface area (Å²) in [4.78, 5) is 15.9. The largest absolute Gasteiger partial charge is 0.507 e. The molecule has 0 fully saturated rings. The smallest absolute Gasteiger partial charge is 0.342 e. The van der Waals surface area contributed by atoms with E-state index in [1.54, 1.807) is 18.3 Å². The summed E-state index contributed by atoms with van der Waals surface area (Å²) in [7, 11) is 0. The van der Waals surface area contributed by atoms with Crippen LogP contribution in [0.4, 0.5) is 0 Å². The zero-order valence-corrected chi connectivity index (χ0v) is 11.6. The number of rotatable bonds is 4. The van der Waals surface area contributed by atoms with Crippen molar-refractivity contribution in [3.05, 3.63) is 72.2 Å². The lowest BCUT2D eigenvalue weighted by Gasteiger charge is -2.03. The lowest BCUT2D eigenvalue weighted by Crippen LogP contribution is -2.05. The van der Waals surface area contributed by atoms with E-state index in [1.165, 1.54) is 12.1 Å². The number of phenolic OH excluding ortho intramolecular Hbond substituents is 1. The van der Waals surface area contributed by atoms with Gasteiger partial charge in [-0.05, 0) is 12.1 Å². The van der Waals surface area contributed by atoms with Crippen molar-refractivity contribution in [2.45, 2.75) is 6.61 Å². The lowest BCUT2D eigenvalue weighted by atomic mass is 10.2. The summed E-state index contributed by atoms with van der Waals surface area (Å²) in [6.45, 7) is -0.0972. The standard InChI is InChI=1S/C17H13NO4/c19-14-9-5-4-8-13(14)17(20)21-11-16-18-10-15(22-16)12-6-2-1-3-7-12/h1-10,19H,11H2. The molecule has 0 aliphatic carbocycles. The fourth-order valence-electron chi connectivity index (χ4n) is 1.96. The molecule has 1 heterocycles. The molecule has 0 bridgehead atoms. The zero-order valence-electron chi connectivity index (χ0n) is 11.6. The maximum atomic E-state index is 11.9. The molecule has 5 nitrogen and oxygen atoms in total. The van der Waals surface area contributed by atoms with Gasteiger partial charge in [0.1, 0.15) is 11.3 Å². The van der Waals surface area contributed by atoms with Gasteiger partial charge in [-0.2, -0.15) is 0 Å². The number of hydrogen-bond donors (Lipinski definition) is 1. The van der Waals surface area contributed by atoms with Crippen LogP contribution in [-0.2, 0) is 11.3 Å². The maximum Gasteiger partial charge on any atom is 0.342 e. The fraction of sp³-hybridized carbons (Fsp3) is 0.0588. The van der Waals surface area contributed by atoms with Crippen LogP contribution >= 0.6 is 0 Å². The van der Waals surface area contributed by atoms with Crippen molar-refractivity contribution in [1.29, 1.82) is 0 Å². The van der Waals surface area contributed by atoms with E-state index in [1.807, 2.05) is 30.3 Å². The third-order valence-electron chi connectivity index (χ3n) is 3.06. The van der Waals surface area contributed by atoms with Crippen molar-refractivity contribution in [2.24, 2.45) is 0 Å². The van der Waals surface area contributed by atoms with Gasteiger partial charge >= 0.3 is 5.97 Å². The molecule has 0 radical (unpaired) electrons. The van der Waals surface area contributed by atoms with Gasteiger partial charge in [0, 0.05) is 5.56 Å². The van der Waals surface area contributed by atoms with E-state index in [-0.39, 0.29) is 17.9 Å². The first kappa shape index (κ1) is 13.9. The second kappa shape index (κ2) is 6.13. The van der Waals surface area contributed by atoms with E-state index < -0.39 is 5.97 Å². The van der Waals surface area contributed by atoms with E-state index in [9.17, 15) is 9.90 Å². The minimum atomic E-state index is -0.627. The number of hydrogen-bond acceptors (Lipinski definition) is 5. The molecule has 0 aliphatic heterocycles. The van der Waals surface area contributed by atoms with Crippen LogP contribution in [0.5, 0.6) is 5.75 Å². The molecule has 2 aromatic carbocycles. The Labute approximate surface area is 126 Å². The van der Waals surface area contributed by atoms with Crippen molar-refractivity contribution in [3.8, 4) is 17.1 Å². The summed E-state index contributed by atoms with van der Waals surface area (Å²) in [5.41, 5.74) is 1.01. The van der Waals surface area contributed by atoms with Crippen LogP contribution in [0.1, 0.15) is 16.2 Å². The summed E-state index contributed by atoms with van der Waals surface area (Å²) in [5, 5.41) is 9.59. The third kappa shape index (κ3) is 2.98. The Morgan fingerprint density at radius 3 is 2.59 bits per heavy atom. The predicted molar refractivity (Wildman–Crippen MR) is 79.2 cm³/mol. The van der Waals surface area contributed by atoms with Crippen LogP contribution in [-0.4, -0.2) is 16.1 Å². The SMILES string of the molecule is O=C(OCc1ncc(-c2ccccc2)o1)c1ccccc1O. The highest BCUT2D eigenvalue weighted by Gasteiger charge is 2.13. The van der Waals surface area contributed by atoms with Gasteiger partial charge in [-0.3, -0.25) is 0 Å². The molecule has 3 aromatic rings. The summed E-state index contributed by atoms with van der Waals surface area (Å²) >= 11 is 0. The van der Waals surface area contributed by atoms with Gasteiger partial charge in [-0.15, -0.1) is 0 Å². The van der Waals surface area contributed by atoms with Crippen molar-refractivity contribution in [1.82, 2.24) is 4.98 Å². The monoisotopic (exact) mass is 295 g/mol. The Kier molecular flexibility index (Phi) is 3.87. The number of para-hydroxylation sites is 1. The number of nitrogens with zero attached hydrogens (tertiary/aromatic N) is 1. The van der Waals surface area contributed by atoms with Crippen LogP contribution in [0.2, 0.25) is 0 Å². The molecule has 1 N–H and O–H groups in total. The zero-order chi connectivity index (χ0) is 15.4. The first-order valence-corrected chi connectivity index (χ1v) is 6.69. The number of aromatic hydroxyl groups is 1.